The van der Waals surface area contributed by atoms with Gasteiger partial charge in [0.15, 0.2) is 0 Å². The Hall–Kier alpha value is 0.660. The lowest BCUT2D eigenvalue weighted by molar-refractivity contribution is 0.101. The number of hydrogen-bond acceptors (Lipinski definition) is 3. The van der Waals surface area contributed by atoms with Gasteiger partial charge in [0.2, 0.25) is 0 Å². The van der Waals surface area contributed by atoms with E-state index in [1.807, 2.05) is 28.7 Å². The molecule has 0 amide bonds. The van der Waals surface area contributed by atoms with Crippen molar-refractivity contribution >= 4 is 21.6 Å². The molecule has 0 heterocycles. The van der Waals surface area contributed by atoms with Gasteiger partial charge in [-0.25, -0.2) is 0 Å². The third kappa shape index (κ3) is 2.06. The number of hydrogen-bond donors (Lipinski definition) is 0. The minimum Gasteiger partial charge on any atom is -0.377 e. The molecule has 0 spiro atoms. The van der Waals surface area contributed by atoms with E-state index < -0.39 is 0 Å². The van der Waals surface area contributed by atoms with Crippen LogP contribution < -0.4 is 0 Å². The zero-order chi connectivity index (χ0) is 6.74. The zero-order valence-corrected chi connectivity index (χ0v) is 7.48. The van der Waals surface area contributed by atoms with Crippen LogP contribution in [0.2, 0.25) is 0 Å². The number of ether oxygens (including phenoxy) is 1. The molecule has 54 valence electrons. The molecule has 1 rings (SSSR count). The maximum Gasteiger partial charge on any atom is 0.0779 e. The van der Waals surface area contributed by atoms with Crippen LogP contribution in [0.15, 0.2) is 0 Å². The third-order valence-corrected chi connectivity index (χ3v) is 3.62. The van der Waals surface area contributed by atoms with Gasteiger partial charge in [-0.15, -0.1) is 0 Å². The summed E-state index contributed by atoms with van der Waals surface area (Å²) < 4.78 is 5.32. The lowest BCUT2D eigenvalue weighted by atomic mass is 10.4. The van der Waals surface area contributed by atoms with E-state index in [-0.39, 0.29) is 5.60 Å². The number of rotatable bonds is 4. The summed E-state index contributed by atoms with van der Waals surface area (Å²) in [6.45, 7) is 0. The van der Waals surface area contributed by atoms with Crippen molar-refractivity contribution in [2.45, 2.75) is 18.4 Å². The van der Waals surface area contributed by atoms with Gasteiger partial charge in [-0.1, -0.05) is 21.6 Å². The summed E-state index contributed by atoms with van der Waals surface area (Å²) in [6.07, 6.45) is 4.63. The average molecular weight is 164 g/mol. The summed E-state index contributed by atoms with van der Waals surface area (Å²) in [6, 6.07) is 0. The lowest BCUT2D eigenvalue weighted by Crippen LogP contribution is -2.13. The van der Waals surface area contributed by atoms with Gasteiger partial charge < -0.3 is 4.74 Å². The first-order valence-corrected chi connectivity index (χ1v) is 5.76. The molecule has 1 nitrogen and oxygen atoms in total. The fourth-order valence-corrected chi connectivity index (χ4v) is 2.45. The molecule has 0 aromatic carbocycles. The normalized spacial score (nSPS) is 22.0. The van der Waals surface area contributed by atoms with Crippen molar-refractivity contribution in [3.63, 3.8) is 0 Å². The molecule has 0 aliphatic heterocycles. The molecule has 1 fully saturated rings. The average Bonchev–Trinajstić information content (AvgIpc) is 2.65. The summed E-state index contributed by atoms with van der Waals surface area (Å²) in [7, 11) is 5.53. The first kappa shape index (κ1) is 7.76. The van der Waals surface area contributed by atoms with Crippen molar-refractivity contribution in [2.24, 2.45) is 0 Å². The summed E-state index contributed by atoms with van der Waals surface area (Å²) in [5.41, 5.74) is 0.285. The van der Waals surface area contributed by atoms with E-state index in [2.05, 4.69) is 6.26 Å². The van der Waals surface area contributed by atoms with Crippen LogP contribution in [-0.4, -0.2) is 24.7 Å². The molecule has 3 heteroatoms. The highest BCUT2D eigenvalue weighted by atomic mass is 33.1. The highest BCUT2D eigenvalue weighted by molar-refractivity contribution is 8.76. The summed E-state index contributed by atoms with van der Waals surface area (Å²) in [4.78, 5) is 0. The Kier molecular flexibility index (Phi) is 2.73. The standard InChI is InChI=1S/C6H12OS2/c1-7-6(3-4-6)5-9-8-2/h3-5H2,1-2H3. The Morgan fingerprint density at radius 1 is 1.56 bits per heavy atom. The van der Waals surface area contributed by atoms with E-state index in [9.17, 15) is 0 Å². The molecule has 0 aromatic rings. The predicted octanol–water partition coefficient (Wildman–Crippen LogP) is 2.18. The summed E-state index contributed by atoms with van der Waals surface area (Å²) in [5.74, 6) is 1.16. The van der Waals surface area contributed by atoms with Crippen LogP contribution in [0.25, 0.3) is 0 Å². The van der Waals surface area contributed by atoms with Gasteiger partial charge in [0.25, 0.3) is 0 Å². The van der Waals surface area contributed by atoms with Crippen LogP contribution in [-0.2, 0) is 4.74 Å². The Morgan fingerprint density at radius 2 is 2.22 bits per heavy atom. The van der Waals surface area contributed by atoms with E-state index in [0.29, 0.717) is 0 Å². The molecule has 1 aliphatic rings. The first-order chi connectivity index (χ1) is 4.33. The molecule has 0 aromatic heterocycles. The second-order valence-electron chi connectivity index (χ2n) is 2.32. The second-order valence-corrected chi connectivity index (χ2v) is 4.88. The van der Waals surface area contributed by atoms with Crippen LogP contribution in [0.3, 0.4) is 0 Å². The van der Waals surface area contributed by atoms with Gasteiger partial charge in [0, 0.05) is 12.9 Å². The fraction of sp³-hybridized carbons (Fsp3) is 1.00. The smallest absolute Gasteiger partial charge is 0.0779 e. The van der Waals surface area contributed by atoms with E-state index in [1.165, 1.54) is 12.8 Å². The largest absolute Gasteiger partial charge is 0.377 e. The van der Waals surface area contributed by atoms with Gasteiger partial charge in [-0.3, -0.25) is 0 Å². The Bertz CT molecular complexity index is 91.1. The quantitative estimate of drug-likeness (QED) is 0.589. The van der Waals surface area contributed by atoms with Crippen molar-refractivity contribution in [3.05, 3.63) is 0 Å². The molecule has 0 radical (unpaired) electrons. The monoisotopic (exact) mass is 164 g/mol. The Labute approximate surface area is 64.3 Å². The highest BCUT2D eigenvalue weighted by Gasteiger charge is 2.42. The summed E-state index contributed by atoms with van der Waals surface area (Å²) in [5, 5.41) is 0. The van der Waals surface area contributed by atoms with Crippen LogP contribution in [0.4, 0.5) is 0 Å². The van der Waals surface area contributed by atoms with Crippen molar-refractivity contribution in [1.82, 2.24) is 0 Å². The third-order valence-electron chi connectivity index (χ3n) is 1.68. The minimum atomic E-state index is 0.285. The molecule has 0 atom stereocenters. The molecule has 9 heavy (non-hydrogen) atoms. The molecule has 0 unspecified atom stereocenters. The van der Waals surface area contributed by atoms with E-state index >= 15 is 0 Å². The molecular weight excluding hydrogens is 152 g/mol. The van der Waals surface area contributed by atoms with Gasteiger partial charge >= 0.3 is 0 Å². The minimum absolute atomic E-state index is 0.285. The first-order valence-electron chi connectivity index (χ1n) is 3.04. The molecule has 0 N–H and O–H groups in total. The van der Waals surface area contributed by atoms with Gasteiger partial charge in [0.1, 0.15) is 0 Å². The number of methoxy groups -OCH3 is 1. The molecule has 0 saturated heterocycles. The molecule has 1 aliphatic carbocycles. The van der Waals surface area contributed by atoms with Gasteiger partial charge in [-0.2, -0.15) is 0 Å². The topological polar surface area (TPSA) is 9.23 Å². The maximum absolute atomic E-state index is 5.32. The molecular formula is C6H12OS2. The van der Waals surface area contributed by atoms with Crippen molar-refractivity contribution in [2.75, 3.05) is 19.1 Å². The van der Waals surface area contributed by atoms with Crippen molar-refractivity contribution in [1.29, 1.82) is 0 Å². The van der Waals surface area contributed by atoms with Crippen molar-refractivity contribution < 1.29 is 4.74 Å². The second kappa shape index (κ2) is 3.17. The highest BCUT2D eigenvalue weighted by Crippen LogP contribution is 2.43. The maximum atomic E-state index is 5.32. The van der Waals surface area contributed by atoms with E-state index in [4.69, 9.17) is 4.74 Å². The SMILES string of the molecule is COC1(CSSC)CC1. The van der Waals surface area contributed by atoms with Gasteiger partial charge in [0.05, 0.1) is 5.60 Å². The van der Waals surface area contributed by atoms with E-state index in [0.717, 1.165) is 5.75 Å². The predicted molar refractivity (Wildman–Crippen MR) is 44.9 cm³/mol. The van der Waals surface area contributed by atoms with E-state index in [1.54, 1.807) is 0 Å². The van der Waals surface area contributed by atoms with Gasteiger partial charge in [-0.05, 0) is 19.1 Å². The Morgan fingerprint density at radius 3 is 2.56 bits per heavy atom. The van der Waals surface area contributed by atoms with Crippen LogP contribution in [0, 0.1) is 0 Å². The Balaban J connectivity index is 2.10. The molecule has 0 bridgehead atoms. The fourth-order valence-electron chi connectivity index (χ4n) is 0.713. The van der Waals surface area contributed by atoms with Crippen molar-refractivity contribution in [3.8, 4) is 0 Å². The lowest BCUT2D eigenvalue weighted by Gasteiger charge is -2.09. The zero-order valence-electron chi connectivity index (χ0n) is 5.85. The van der Waals surface area contributed by atoms with Crippen LogP contribution >= 0.6 is 21.6 Å². The van der Waals surface area contributed by atoms with Crippen LogP contribution in [0.5, 0.6) is 0 Å². The summed E-state index contributed by atoms with van der Waals surface area (Å²) >= 11 is 0. The van der Waals surface area contributed by atoms with Crippen LogP contribution in [0.1, 0.15) is 12.8 Å². The molecule has 1 saturated carbocycles.